The van der Waals surface area contributed by atoms with Crippen LogP contribution in [0.3, 0.4) is 0 Å². The van der Waals surface area contributed by atoms with Gasteiger partial charge in [-0.15, -0.1) is 0 Å². The fourth-order valence-corrected chi connectivity index (χ4v) is 3.18. The molecular weight excluding hydrogens is 377 g/mol. The third kappa shape index (κ3) is 3.45. The average Bonchev–Trinajstić information content (AvgIpc) is 2.97. The van der Waals surface area contributed by atoms with Gasteiger partial charge >= 0.3 is 0 Å². The van der Waals surface area contributed by atoms with Gasteiger partial charge in [0, 0.05) is 15.2 Å². The molecule has 5 heteroatoms. The molecule has 0 aliphatic heterocycles. The van der Waals surface area contributed by atoms with Crippen molar-refractivity contribution in [3.63, 3.8) is 0 Å². The fourth-order valence-electron chi connectivity index (χ4n) is 2.82. The van der Waals surface area contributed by atoms with Gasteiger partial charge in [-0.3, -0.25) is 4.79 Å². The van der Waals surface area contributed by atoms with Crippen LogP contribution >= 0.6 is 22.6 Å². The van der Waals surface area contributed by atoms with E-state index in [2.05, 4.69) is 33.0 Å². The summed E-state index contributed by atoms with van der Waals surface area (Å²) in [5.41, 5.74) is 0.673. The Morgan fingerprint density at radius 2 is 1.86 bits per heavy atom. The number of halogens is 1. The highest BCUT2D eigenvalue weighted by molar-refractivity contribution is 14.1. The summed E-state index contributed by atoms with van der Waals surface area (Å²) in [7, 11) is 0. The summed E-state index contributed by atoms with van der Waals surface area (Å²) in [5.74, 6) is 0.717. The van der Waals surface area contributed by atoms with Crippen LogP contribution in [0.1, 0.15) is 48.5 Å². The molecule has 1 fully saturated rings. The first kappa shape index (κ1) is 14.6. The van der Waals surface area contributed by atoms with E-state index in [1.807, 2.05) is 35.0 Å². The quantitative estimate of drug-likeness (QED) is 0.791. The van der Waals surface area contributed by atoms with Crippen molar-refractivity contribution in [2.24, 2.45) is 0 Å². The van der Waals surface area contributed by atoms with E-state index in [1.54, 1.807) is 6.20 Å². The van der Waals surface area contributed by atoms with Crippen molar-refractivity contribution in [1.29, 1.82) is 0 Å². The molecule has 1 aliphatic carbocycles. The number of anilines is 1. The lowest BCUT2D eigenvalue weighted by molar-refractivity contribution is 0.102. The van der Waals surface area contributed by atoms with Gasteiger partial charge in [-0.05, 0) is 59.7 Å². The molecule has 110 valence electrons. The minimum Gasteiger partial charge on any atom is -0.307 e. The monoisotopic (exact) mass is 395 g/mol. The van der Waals surface area contributed by atoms with Gasteiger partial charge in [-0.1, -0.05) is 19.3 Å². The van der Waals surface area contributed by atoms with Crippen molar-refractivity contribution in [3.05, 3.63) is 45.7 Å². The average molecular weight is 395 g/mol. The van der Waals surface area contributed by atoms with Crippen molar-refractivity contribution in [1.82, 2.24) is 9.78 Å². The normalized spacial score (nSPS) is 15.9. The molecule has 21 heavy (non-hydrogen) atoms. The number of benzene rings is 1. The summed E-state index contributed by atoms with van der Waals surface area (Å²) in [4.78, 5) is 12.3. The van der Waals surface area contributed by atoms with Gasteiger partial charge in [0.15, 0.2) is 0 Å². The van der Waals surface area contributed by atoms with E-state index in [4.69, 9.17) is 0 Å². The molecule has 2 aromatic rings. The molecule has 0 atom stereocenters. The van der Waals surface area contributed by atoms with Crippen LogP contribution in [0, 0.1) is 3.57 Å². The molecule has 4 nitrogen and oxygen atoms in total. The second-order valence-electron chi connectivity index (χ2n) is 5.41. The van der Waals surface area contributed by atoms with Crippen molar-refractivity contribution in [3.8, 4) is 0 Å². The van der Waals surface area contributed by atoms with Crippen molar-refractivity contribution in [2.45, 2.75) is 38.1 Å². The summed E-state index contributed by atoms with van der Waals surface area (Å²) in [6.07, 6.45) is 7.85. The summed E-state index contributed by atoms with van der Waals surface area (Å²) < 4.78 is 3.10. The van der Waals surface area contributed by atoms with Gasteiger partial charge in [-0.25, -0.2) is 4.68 Å². The van der Waals surface area contributed by atoms with Crippen LogP contribution in [0.5, 0.6) is 0 Å². The predicted molar refractivity (Wildman–Crippen MR) is 91.5 cm³/mol. The van der Waals surface area contributed by atoms with E-state index in [9.17, 15) is 4.79 Å². The summed E-state index contributed by atoms with van der Waals surface area (Å²) in [6, 6.07) is 9.86. The number of rotatable bonds is 3. The maximum Gasteiger partial charge on any atom is 0.256 e. The van der Waals surface area contributed by atoms with E-state index in [1.165, 1.54) is 19.3 Å². The molecule has 0 saturated heterocycles. The zero-order chi connectivity index (χ0) is 14.7. The Balaban J connectivity index is 1.74. The second-order valence-corrected chi connectivity index (χ2v) is 6.66. The Bertz CT molecular complexity index is 615. The van der Waals surface area contributed by atoms with Crippen LogP contribution < -0.4 is 5.32 Å². The molecule has 0 spiro atoms. The predicted octanol–water partition coefficient (Wildman–Crippen LogP) is 4.25. The second kappa shape index (κ2) is 6.60. The van der Waals surface area contributed by atoms with Crippen LogP contribution in [0.25, 0.3) is 0 Å². The number of nitrogens with one attached hydrogen (secondary N) is 1. The summed E-state index contributed by atoms with van der Waals surface area (Å²) >= 11 is 2.23. The maximum atomic E-state index is 12.3. The lowest BCUT2D eigenvalue weighted by Crippen LogP contribution is -2.20. The first-order valence-corrected chi connectivity index (χ1v) is 8.42. The number of hydrogen-bond acceptors (Lipinski definition) is 2. The topological polar surface area (TPSA) is 46.9 Å². The van der Waals surface area contributed by atoms with Crippen molar-refractivity contribution in [2.75, 3.05) is 5.32 Å². The summed E-state index contributed by atoms with van der Waals surface area (Å²) in [5, 5.41) is 7.38. The Hall–Kier alpha value is -1.37. The largest absolute Gasteiger partial charge is 0.307 e. The zero-order valence-electron chi connectivity index (χ0n) is 11.8. The van der Waals surface area contributed by atoms with Gasteiger partial charge in [0.1, 0.15) is 5.82 Å². The lowest BCUT2D eigenvalue weighted by atomic mass is 9.96. The first-order valence-electron chi connectivity index (χ1n) is 7.34. The molecule has 1 aliphatic rings. The van der Waals surface area contributed by atoms with Crippen molar-refractivity contribution >= 4 is 34.3 Å². The van der Waals surface area contributed by atoms with Crippen LogP contribution in [0.4, 0.5) is 5.82 Å². The molecular formula is C16H18IN3O. The van der Waals surface area contributed by atoms with E-state index in [-0.39, 0.29) is 5.91 Å². The Morgan fingerprint density at radius 1 is 1.14 bits per heavy atom. The van der Waals surface area contributed by atoms with Crippen molar-refractivity contribution < 1.29 is 4.79 Å². The number of carbonyl (C=O) groups excluding carboxylic acids is 1. The molecule has 1 N–H and O–H groups in total. The molecule has 0 radical (unpaired) electrons. The molecule has 1 amide bonds. The molecule has 0 unspecified atom stereocenters. The van der Waals surface area contributed by atoms with Gasteiger partial charge in [0.05, 0.1) is 12.2 Å². The minimum absolute atomic E-state index is 0.0797. The van der Waals surface area contributed by atoms with Crippen LogP contribution in [-0.2, 0) is 0 Å². The number of carbonyl (C=O) groups is 1. The SMILES string of the molecule is O=C(Nc1ccnn1C1CCCCC1)c1ccc(I)cc1. The number of aromatic nitrogens is 2. The highest BCUT2D eigenvalue weighted by Gasteiger charge is 2.19. The van der Waals surface area contributed by atoms with Gasteiger partial charge in [-0.2, -0.15) is 5.10 Å². The van der Waals surface area contributed by atoms with E-state index < -0.39 is 0 Å². The number of nitrogens with zero attached hydrogens (tertiary/aromatic N) is 2. The number of amides is 1. The van der Waals surface area contributed by atoms with Crippen LogP contribution in [0.15, 0.2) is 36.5 Å². The molecule has 3 rings (SSSR count). The zero-order valence-corrected chi connectivity index (χ0v) is 13.9. The van der Waals surface area contributed by atoms with Gasteiger partial charge in [0.25, 0.3) is 5.91 Å². The Labute approximate surface area is 138 Å². The van der Waals surface area contributed by atoms with Gasteiger partial charge in [0.2, 0.25) is 0 Å². The molecule has 1 saturated carbocycles. The van der Waals surface area contributed by atoms with Crippen LogP contribution in [-0.4, -0.2) is 15.7 Å². The molecule has 1 heterocycles. The molecule has 1 aromatic heterocycles. The first-order chi connectivity index (χ1) is 10.2. The van der Waals surface area contributed by atoms with Gasteiger partial charge < -0.3 is 5.32 Å². The smallest absolute Gasteiger partial charge is 0.256 e. The van der Waals surface area contributed by atoms with E-state index in [0.717, 1.165) is 22.2 Å². The fraction of sp³-hybridized carbons (Fsp3) is 0.375. The maximum absolute atomic E-state index is 12.3. The molecule has 1 aromatic carbocycles. The Kier molecular flexibility index (Phi) is 4.57. The highest BCUT2D eigenvalue weighted by Crippen LogP contribution is 2.30. The minimum atomic E-state index is -0.0797. The van der Waals surface area contributed by atoms with E-state index in [0.29, 0.717) is 11.6 Å². The van der Waals surface area contributed by atoms with Crippen LogP contribution in [0.2, 0.25) is 0 Å². The standard InChI is InChI=1S/C16H18IN3O/c17-13-8-6-12(7-9-13)16(21)19-15-10-11-18-20(15)14-4-2-1-3-5-14/h6-11,14H,1-5H2,(H,19,21). The van der Waals surface area contributed by atoms with E-state index >= 15 is 0 Å². The third-order valence-electron chi connectivity index (χ3n) is 3.94. The third-order valence-corrected chi connectivity index (χ3v) is 4.66. The number of hydrogen-bond donors (Lipinski definition) is 1. The Morgan fingerprint density at radius 3 is 2.57 bits per heavy atom. The molecule has 0 bridgehead atoms. The summed E-state index contributed by atoms with van der Waals surface area (Å²) in [6.45, 7) is 0. The highest BCUT2D eigenvalue weighted by atomic mass is 127. The lowest BCUT2D eigenvalue weighted by Gasteiger charge is -2.23.